The van der Waals surface area contributed by atoms with Gasteiger partial charge in [-0.05, 0) is 6.54 Å². The van der Waals surface area contributed by atoms with Gasteiger partial charge in [0.1, 0.15) is 0 Å². The normalized spacial score (nSPS) is 30.1. The van der Waals surface area contributed by atoms with E-state index >= 15 is 0 Å². The monoisotopic (exact) mass is 200 g/mol. The summed E-state index contributed by atoms with van der Waals surface area (Å²) in [4.78, 5) is 15.5. The highest BCUT2D eigenvalue weighted by molar-refractivity contribution is 5.80. The van der Waals surface area contributed by atoms with Crippen molar-refractivity contribution in [2.24, 2.45) is 5.16 Å². The van der Waals surface area contributed by atoms with E-state index in [1.54, 1.807) is 0 Å². The Morgan fingerprint density at radius 2 is 2.64 bits per heavy atom. The third kappa shape index (κ3) is 1.79. The maximum absolute atomic E-state index is 10.2. The highest BCUT2D eigenvalue weighted by Crippen LogP contribution is 2.29. The van der Waals surface area contributed by atoms with Gasteiger partial charge in [0.15, 0.2) is 12.2 Å². The van der Waals surface area contributed by atoms with Crippen LogP contribution < -0.4 is 5.32 Å². The smallest absolute Gasteiger partial charge is 0.341 e. The molecule has 0 aliphatic carbocycles. The summed E-state index contributed by atoms with van der Waals surface area (Å²) in [5.41, 5.74) is -0.284. The van der Waals surface area contributed by atoms with E-state index < -0.39 is 5.97 Å². The summed E-state index contributed by atoms with van der Waals surface area (Å²) in [6, 6.07) is 0. The van der Waals surface area contributed by atoms with Crippen molar-refractivity contribution in [1.82, 2.24) is 5.32 Å². The second kappa shape index (κ2) is 3.45. The van der Waals surface area contributed by atoms with Crippen LogP contribution in [0.1, 0.15) is 12.8 Å². The molecule has 6 nitrogen and oxygen atoms in total. The molecule has 78 valence electrons. The van der Waals surface area contributed by atoms with Gasteiger partial charge < -0.3 is 20.0 Å². The summed E-state index contributed by atoms with van der Waals surface area (Å²) < 4.78 is 4.95. The van der Waals surface area contributed by atoms with Crippen molar-refractivity contribution in [2.75, 3.05) is 19.7 Å². The Balaban J connectivity index is 1.83. The molecule has 0 bridgehead atoms. The van der Waals surface area contributed by atoms with Gasteiger partial charge in [-0.3, -0.25) is 0 Å². The number of aliphatic carboxylic acids is 1. The van der Waals surface area contributed by atoms with Crippen LogP contribution in [0.15, 0.2) is 5.16 Å². The van der Waals surface area contributed by atoms with E-state index in [1.807, 2.05) is 0 Å². The Bertz CT molecular complexity index is 271. The summed E-state index contributed by atoms with van der Waals surface area (Å²) in [5, 5.41) is 15.3. The second-order valence-electron chi connectivity index (χ2n) is 3.55. The van der Waals surface area contributed by atoms with Crippen LogP contribution in [0.25, 0.3) is 0 Å². The molecule has 6 heteroatoms. The number of carboxylic acids is 1. The first-order chi connectivity index (χ1) is 6.70. The molecule has 1 atom stereocenters. The lowest BCUT2D eigenvalue weighted by Crippen LogP contribution is -2.32. The number of nitrogens with zero attached hydrogens (tertiary/aromatic N) is 1. The van der Waals surface area contributed by atoms with Gasteiger partial charge in [-0.15, -0.1) is 0 Å². The first-order valence-electron chi connectivity index (χ1n) is 4.51. The first kappa shape index (κ1) is 9.26. The van der Waals surface area contributed by atoms with E-state index in [-0.39, 0.29) is 12.2 Å². The molecule has 0 saturated carbocycles. The zero-order valence-electron chi connectivity index (χ0n) is 7.65. The lowest BCUT2D eigenvalue weighted by Gasteiger charge is -2.17. The summed E-state index contributed by atoms with van der Waals surface area (Å²) in [5.74, 6) is -0.616. The van der Waals surface area contributed by atoms with Crippen molar-refractivity contribution in [2.45, 2.75) is 18.4 Å². The predicted octanol–water partition coefficient (Wildman–Crippen LogP) is -0.447. The van der Waals surface area contributed by atoms with Crippen LogP contribution in [-0.2, 0) is 14.4 Å². The van der Waals surface area contributed by atoms with Gasteiger partial charge in [-0.25, -0.2) is 4.79 Å². The van der Waals surface area contributed by atoms with Crippen LogP contribution in [0.4, 0.5) is 0 Å². The average molecular weight is 200 g/mol. The molecule has 0 aromatic carbocycles. The Kier molecular flexibility index (Phi) is 2.28. The fourth-order valence-corrected chi connectivity index (χ4v) is 1.66. The average Bonchev–Trinajstić information content (AvgIpc) is 2.74. The Morgan fingerprint density at radius 3 is 3.29 bits per heavy atom. The summed E-state index contributed by atoms with van der Waals surface area (Å²) in [6.45, 7) is 1.30. The number of ether oxygens (including phenoxy) is 1. The first-order valence-corrected chi connectivity index (χ1v) is 4.51. The molecule has 2 rings (SSSR count). The molecule has 0 aromatic heterocycles. The Hall–Kier alpha value is -1.30. The summed E-state index contributed by atoms with van der Waals surface area (Å²) >= 11 is 0. The van der Waals surface area contributed by atoms with E-state index in [2.05, 4.69) is 10.5 Å². The molecule has 1 spiro atoms. The molecule has 2 N–H and O–H groups in total. The number of hydrogen-bond donors (Lipinski definition) is 2. The minimum Gasteiger partial charge on any atom is -0.479 e. The van der Waals surface area contributed by atoms with E-state index in [9.17, 15) is 4.79 Å². The van der Waals surface area contributed by atoms with Crippen molar-refractivity contribution in [3.63, 3.8) is 0 Å². The third-order valence-corrected chi connectivity index (χ3v) is 2.38. The highest BCUT2D eigenvalue weighted by Gasteiger charge is 2.42. The quantitative estimate of drug-likeness (QED) is 0.631. The van der Waals surface area contributed by atoms with Gasteiger partial charge in [0, 0.05) is 13.0 Å². The standard InChI is InChI=1S/C8H12N2O4/c11-7(12)4-13-6-3-8(14-10-6)1-2-9-5-8/h9H,1-5H2,(H,11,12). The summed E-state index contributed by atoms with van der Waals surface area (Å²) in [6.07, 6.45) is 1.45. The maximum atomic E-state index is 10.2. The van der Waals surface area contributed by atoms with Crippen LogP contribution in [0.5, 0.6) is 0 Å². The second-order valence-corrected chi connectivity index (χ2v) is 3.55. The van der Waals surface area contributed by atoms with Gasteiger partial charge in [0.05, 0.1) is 6.42 Å². The predicted molar refractivity (Wildman–Crippen MR) is 46.9 cm³/mol. The number of nitrogens with one attached hydrogen (secondary N) is 1. The van der Waals surface area contributed by atoms with E-state index in [0.29, 0.717) is 12.3 Å². The van der Waals surface area contributed by atoms with E-state index in [0.717, 1.165) is 19.5 Å². The maximum Gasteiger partial charge on any atom is 0.341 e. The lowest BCUT2D eigenvalue weighted by atomic mass is 10.00. The highest BCUT2D eigenvalue weighted by atomic mass is 16.7. The van der Waals surface area contributed by atoms with Crippen LogP contribution in [-0.4, -0.2) is 42.3 Å². The molecule has 0 aromatic rings. The number of oxime groups is 1. The fourth-order valence-electron chi connectivity index (χ4n) is 1.66. The minimum absolute atomic E-state index is 0.284. The Morgan fingerprint density at radius 1 is 1.79 bits per heavy atom. The lowest BCUT2D eigenvalue weighted by molar-refractivity contribution is -0.139. The van der Waals surface area contributed by atoms with Crippen molar-refractivity contribution < 1.29 is 19.5 Å². The Labute approximate surface area is 80.9 Å². The van der Waals surface area contributed by atoms with Crippen LogP contribution in [0, 0.1) is 0 Å². The van der Waals surface area contributed by atoms with Crippen molar-refractivity contribution in [3.05, 3.63) is 0 Å². The van der Waals surface area contributed by atoms with Crippen molar-refractivity contribution >= 4 is 11.9 Å². The zero-order chi connectivity index (χ0) is 10.0. The largest absolute Gasteiger partial charge is 0.479 e. The zero-order valence-corrected chi connectivity index (χ0v) is 7.65. The van der Waals surface area contributed by atoms with Gasteiger partial charge in [0.2, 0.25) is 5.90 Å². The van der Waals surface area contributed by atoms with Crippen LogP contribution in [0.3, 0.4) is 0 Å². The van der Waals surface area contributed by atoms with Crippen molar-refractivity contribution in [3.8, 4) is 0 Å². The molecule has 1 unspecified atom stereocenters. The molecule has 14 heavy (non-hydrogen) atoms. The van der Waals surface area contributed by atoms with E-state index in [4.69, 9.17) is 14.7 Å². The molecule has 2 aliphatic rings. The number of carboxylic acid groups (broad SMARTS) is 1. The van der Waals surface area contributed by atoms with Gasteiger partial charge in [-0.1, -0.05) is 5.16 Å². The third-order valence-electron chi connectivity index (χ3n) is 2.38. The SMILES string of the molecule is O=C(O)COC1=NOC2(CCNC2)C1. The molecular weight excluding hydrogens is 188 g/mol. The van der Waals surface area contributed by atoms with E-state index in [1.165, 1.54) is 0 Å². The fraction of sp³-hybridized carbons (Fsp3) is 0.750. The van der Waals surface area contributed by atoms with Gasteiger partial charge >= 0.3 is 5.97 Å². The summed E-state index contributed by atoms with van der Waals surface area (Å²) in [7, 11) is 0. The molecule has 0 amide bonds. The molecular formula is C8H12N2O4. The minimum atomic E-state index is -1.00. The number of carbonyl (C=O) groups is 1. The number of hydrogen-bond acceptors (Lipinski definition) is 5. The van der Waals surface area contributed by atoms with Crippen LogP contribution >= 0.6 is 0 Å². The van der Waals surface area contributed by atoms with Gasteiger partial charge in [0.25, 0.3) is 0 Å². The molecule has 2 aliphatic heterocycles. The number of rotatable bonds is 2. The van der Waals surface area contributed by atoms with Crippen molar-refractivity contribution in [1.29, 1.82) is 0 Å². The molecule has 2 heterocycles. The van der Waals surface area contributed by atoms with Crippen LogP contribution in [0.2, 0.25) is 0 Å². The topological polar surface area (TPSA) is 80.2 Å². The molecule has 1 fully saturated rings. The molecule has 0 radical (unpaired) electrons. The molecule has 1 saturated heterocycles. The van der Waals surface area contributed by atoms with Gasteiger partial charge in [-0.2, -0.15) is 0 Å².